The highest BCUT2D eigenvalue weighted by atomic mass is 19.4. The molecule has 1 atom stereocenters. The molecular weight excluding hydrogens is 429 g/mol. The van der Waals surface area contributed by atoms with Crippen LogP contribution in [0.2, 0.25) is 0 Å². The van der Waals surface area contributed by atoms with Gasteiger partial charge >= 0.3 is 6.18 Å². The van der Waals surface area contributed by atoms with Crippen LogP contribution in [-0.2, 0) is 17.5 Å². The largest absolute Gasteiger partial charge is 0.419 e. The fourth-order valence-corrected chi connectivity index (χ4v) is 4.88. The quantitative estimate of drug-likeness (QED) is 0.718. The van der Waals surface area contributed by atoms with Crippen molar-refractivity contribution in [2.24, 2.45) is 5.92 Å². The highest BCUT2D eigenvalue weighted by Crippen LogP contribution is 2.36. The van der Waals surface area contributed by atoms with Gasteiger partial charge in [0, 0.05) is 45.0 Å². The summed E-state index contributed by atoms with van der Waals surface area (Å²) in [5.74, 6) is -0.458. The minimum Gasteiger partial charge on any atom is -0.355 e. The zero-order valence-electron chi connectivity index (χ0n) is 18.9. The summed E-state index contributed by atoms with van der Waals surface area (Å²) in [7, 11) is 0. The molecule has 0 aliphatic carbocycles. The molecule has 1 unspecified atom stereocenters. The van der Waals surface area contributed by atoms with Crippen LogP contribution in [0.4, 0.5) is 19.0 Å². The molecule has 0 bridgehead atoms. The zero-order chi connectivity index (χ0) is 23.4. The van der Waals surface area contributed by atoms with Gasteiger partial charge in [-0.15, -0.1) is 0 Å². The molecule has 8 heteroatoms. The minimum absolute atomic E-state index is 0.0543. The Morgan fingerprint density at radius 3 is 2.64 bits per heavy atom. The monoisotopic (exact) mass is 460 g/mol. The number of pyridine rings is 1. The van der Waals surface area contributed by atoms with Gasteiger partial charge in [-0.05, 0) is 50.3 Å². The first-order valence-corrected chi connectivity index (χ1v) is 11.6. The van der Waals surface area contributed by atoms with Crippen LogP contribution >= 0.6 is 0 Å². The topological polar surface area (TPSA) is 48.5 Å². The minimum atomic E-state index is -4.47. The van der Waals surface area contributed by atoms with E-state index in [9.17, 15) is 18.0 Å². The highest BCUT2D eigenvalue weighted by molar-refractivity contribution is 5.80. The number of carbonyl (C=O) groups is 1. The molecule has 33 heavy (non-hydrogen) atoms. The molecule has 2 aliphatic rings. The number of alkyl halides is 3. The molecule has 0 saturated carbocycles. The van der Waals surface area contributed by atoms with Crippen LogP contribution in [0.1, 0.15) is 42.4 Å². The molecule has 0 spiro atoms. The average Bonchev–Trinajstić information content (AvgIpc) is 2.80. The van der Waals surface area contributed by atoms with E-state index in [0.717, 1.165) is 38.5 Å². The Bertz CT molecular complexity index is 957. The Morgan fingerprint density at radius 1 is 1.12 bits per heavy atom. The maximum atomic E-state index is 13.4. The number of aromatic nitrogens is 1. The maximum absolute atomic E-state index is 13.4. The van der Waals surface area contributed by atoms with Gasteiger partial charge in [0.05, 0.1) is 11.5 Å². The van der Waals surface area contributed by atoms with E-state index in [1.165, 1.54) is 23.4 Å². The standard InChI is InChI=1S/C25H31F3N4O/c1-18-5-2-6-19(15-18)16-31-13-9-21(10-14-31)30-24(33)20-7-4-12-32(17-20)23-22(25(26,27)28)8-3-11-29-23/h2-3,5-6,8,11,15,20-21H,4,7,9-10,12-14,16-17H2,1H3,(H,30,33). The van der Waals surface area contributed by atoms with E-state index in [0.29, 0.717) is 19.4 Å². The number of carbonyl (C=O) groups excluding carboxylic acids is 1. The van der Waals surface area contributed by atoms with Gasteiger partial charge in [-0.2, -0.15) is 13.2 Å². The molecule has 1 amide bonds. The van der Waals surface area contributed by atoms with Gasteiger partial charge in [-0.25, -0.2) is 4.98 Å². The smallest absolute Gasteiger partial charge is 0.355 e. The predicted molar refractivity (Wildman–Crippen MR) is 122 cm³/mol. The second kappa shape index (κ2) is 10.1. The van der Waals surface area contributed by atoms with E-state index in [2.05, 4.69) is 46.4 Å². The molecule has 4 rings (SSSR count). The van der Waals surface area contributed by atoms with Gasteiger partial charge in [0.25, 0.3) is 0 Å². The van der Waals surface area contributed by atoms with Crippen LogP contribution in [-0.4, -0.2) is 48.0 Å². The van der Waals surface area contributed by atoms with Crippen molar-refractivity contribution in [3.63, 3.8) is 0 Å². The van der Waals surface area contributed by atoms with Crippen molar-refractivity contribution in [1.82, 2.24) is 15.2 Å². The lowest BCUT2D eigenvalue weighted by Gasteiger charge is -2.36. The molecule has 2 aromatic rings. The van der Waals surface area contributed by atoms with E-state index in [-0.39, 0.29) is 30.2 Å². The third kappa shape index (κ3) is 6.05. The van der Waals surface area contributed by atoms with Crippen molar-refractivity contribution in [2.45, 2.75) is 51.4 Å². The predicted octanol–water partition coefficient (Wildman–Crippen LogP) is 4.41. The molecule has 1 N–H and O–H groups in total. The van der Waals surface area contributed by atoms with Gasteiger partial charge in [0.15, 0.2) is 0 Å². The third-order valence-corrected chi connectivity index (χ3v) is 6.61. The fourth-order valence-electron chi connectivity index (χ4n) is 4.88. The summed E-state index contributed by atoms with van der Waals surface area (Å²) in [6.45, 7) is 5.57. The van der Waals surface area contributed by atoms with E-state index >= 15 is 0 Å². The molecular formula is C25H31F3N4O. The summed E-state index contributed by atoms with van der Waals surface area (Å²) in [5, 5.41) is 3.16. The van der Waals surface area contributed by atoms with Crippen LogP contribution in [0.25, 0.3) is 0 Å². The summed E-state index contributed by atoms with van der Waals surface area (Å²) in [6.07, 6.45) is 0.0204. The lowest BCUT2D eigenvalue weighted by atomic mass is 9.95. The summed E-state index contributed by atoms with van der Waals surface area (Å²) >= 11 is 0. The van der Waals surface area contributed by atoms with Gasteiger partial charge in [-0.1, -0.05) is 29.8 Å². The molecule has 5 nitrogen and oxygen atoms in total. The van der Waals surface area contributed by atoms with Crippen molar-refractivity contribution in [3.05, 3.63) is 59.3 Å². The Balaban J connectivity index is 1.30. The highest BCUT2D eigenvalue weighted by Gasteiger charge is 2.37. The number of hydrogen-bond acceptors (Lipinski definition) is 4. The number of likely N-dealkylation sites (tertiary alicyclic amines) is 1. The van der Waals surface area contributed by atoms with Gasteiger partial charge in [-0.3, -0.25) is 9.69 Å². The Morgan fingerprint density at radius 2 is 1.91 bits per heavy atom. The van der Waals surface area contributed by atoms with Crippen molar-refractivity contribution in [1.29, 1.82) is 0 Å². The first kappa shape index (κ1) is 23.5. The number of piperidine rings is 2. The van der Waals surface area contributed by atoms with Crippen LogP contribution < -0.4 is 10.2 Å². The number of anilines is 1. The molecule has 0 radical (unpaired) electrons. The maximum Gasteiger partial charge on any atom is 0.419 e. The van der Waals surface area contributed by atoms with Crippen molar-refractivity contribution >= 4 is 11.7 Å². The number of halogens is 3. The summed E-state index contributed by atoms with van der Waals surface area (Å²) in [4.78, 5) is 21.0. The first-order chi connectivity index (χ1) is 15.8. The molecule has 2 saturated heterocycles. The van der Waals surface area contributed by atoms with E-state index in [1.54, 1.807) is 4.90 Å². The number of aryl methyl sites for hydroxylation is 1. The number of hydrogen-bond donors (Lipinski definition) is 1. The lowest BCUT2D eigenvalue weighted by Crippen LogP contribution is -2.49. The number of benzene rings is 1. The zero-order valence-corrected chi connectivity index (χ0v) is 18.9. The van der Waals surface area contributed by atoms with Crippen LogP contribution in [0.15, 0.2) is 42.6 Å². The van der Waals surface area contributed by atoms with Crippen molar-refractivity contribution < 1.29 is 18.0 Å². The number of rotatable bonds is 5. The average molecular weight is 461 g/mol. The molecule has 2 fully saturated rings. The number of amides is 1. The SMILES string of the molecule is Cc1cccc(CN2CCC(NC(=O)C3CCCN(c4ncccc4C(F)(F)F)C3)CC2)c1. The molecule has 1 aromatic carbocycles. The second-order valence-electron chi connectivity index (χ2n) is 9.21. The van der Waals surface area contributed by atoms with Crippen molar-refractivity contribution in [3.8, 4) is 0 Å². The lowest BCUT2D eigenvalue weighted by molar-refractivity contribution is -0.137. The Labute approximate surface area is 193 Å². The Hall–Kier alpha value is -2.61. The van der Waals surface area contributed by atoms with Crippen LogP contribution in [0.3, 0.4) is 0 Å². The van der Waals surface area contributed by atoms with Gasteiger partial charge in [0.2, 0.25) is 5.91 Å². The Kier molecular flexibility index (Phi) is 7.22. The number of nitrogens with zero attached hydrogens (tertiary/aromatic N) is 3. The van der Waals surface area contributed by atoms with Gasteiger partial charge < -0.3 is 10.2 Å². The normalized spacial score (nSPS) is 20.6. The third-order valence-electron chi connectivity index (χ3n) is 6.61. The second-order valence-corrected chi connectivity index (χ2v) is 9.21. The number of nitrogens with one attached hydrogen (secondary N) is 1. The first-order valence-electron chi connectivity index (χ1n) is 11.6. The molecule has 178 valence electrons. The summed E-state index contributed by atoms with van der Waals surface area (Å²) < 4.78 is 40.2. The van der Waals surface area contributed by atoms with E-state index < -0.39 is 11.7 Å². The van der Waals surface area contributed by atoms with Crippen molar-refractivity contribution in [2.75, 3.05) is 31.1 Å². The summed E-state index contributed by atoms with van der Waals surface area (Å²) in [5.41, 5.74) is 1.81. The van der Waals surface area contributed by atoms with Gasteiger partial charge in [0.1, 0.15) is 5.82 Å². The van der Waals surface area contributed by atoms with Crippen LogP contribution in [0.5, 0.6) is 0 Å². The molecule has 2 aliphatic heterocycles. The van der Waals surface area contributed by atoms with E-state index in [4.69, 9.17) is 0 Å². The molecule has 3 heterocycles. The van der Waals surface area contributed by atoms with E-state index in [1.807, 2.05) is 0 Å². The molecule has 1 aromatic heterocycles. The van der Waals surface area contributed by atoms with Crippen LogP contribution in [0, 0.1) is 12.8 Å². The fraction of sp³-hybridized carbons (Fsp3) is 0.520. The summed E-state index contributed by atoms with van der Waals surface area (Å²) in [6, 6.07) is 11.0.